The molecule has 0 saturated carbocycles. The van der Waals surface area contributed by atoms with Crippen LogP contribution in [0.5, 0.6) is 5.75 Å². The molecule has 1 atom stereocenters. The number of halogens is 2. The van der Waals surface area contributed by atoms with Gasteiger partial charge in [0, 0.05) is 12.6 Å². The fourth-order valence-corrected chi connectivity index (χ4v) is 3.92. The summed E-state index contributed by atoms with van der Waals surface area (Å²) >= 11 is 5.81. The number of hydrogen-bond acceptors (Lipinski definition) is 4. The van der Waals surface area contributed by atoms with Crippen LogP contribution < -0.4 is 10.1 Å². The summed E-state index contributed by atoms with van der Waals surface area (Å²) in [7, 11) is -2.88. The Morgan fingerprint density at radius 2 is 2.26 bits per heavy atom. The fourth-order valence-electron chi connectivity index (χ4n) is 1.99. The normalized spacial score (nSPS) is 21.5. The van der Waals surface area contributed by atoms with E-state index in [1.165, 1.54) is 12.1 Å². The minimum atomic E-state index is -2.88. The number of rotatable bonds is 5. The molecule has 1 aliphatic rings. The van der Waals surface area contributed by atoms with Crippen LogP contribution in [0, 0.1) is 5.82 Å². The molecule has 0 bridgehead atoms. The molecule has 0 aromatic heterocycles. The molecule has 1 fully saturated rings. The average Bonchev–Trinajstić information content (AvgIpc) is 2.67. The van der Waals surface area contributed by atoms with E-state index in [0.717, 1.165) is 0 Å². The Labute approximate surface area is 116 Å². The first-order chi connectivity index (χ1) is 8.98. The highest BCUT2D eigenvalue weighted by Crippen LogP contribution is 2.26. The van der Waals surface area contributed by atoms with Crippen LogP contribution >= 0.6 is 11.6 Å². The minimum absolute atomic E-state index is 0.0324. The van der Waals surface area contributed by atoms with E-state index in [4.69, 9.17) is 16.3 Å². The molecular weight excluding hydrogens is 293 g/mol. The predicted octanol–water partition coefficient (Wildman–Crippen LogP) is 1.63. The number of nitrogens with one attached hydrogen (secondary N) is 1. The summed E-state index contributed by atoms with van der Waals surface area (Å²) in [5.74, 6) is -0.0843. The monoisotopic (exact) mass is 307 g/mol. The second kappa shape index (κ2) is 6.07. The summed E-state index contributed by atoms with van der Waals surface area (Å²) in [4.78, 5) is 0. The van der Waals surface area contributed by atoms with Crippen molar-refractivity contribution in [1.29, 1.82) is 0 Å². The van der Waals surface area contributed by atoms with E-state index < -0.39 is 15.7 Å². The van der Waals surface area contributed by atoms with Crippen molar-refractivity contribution < 1.29 is 17.5 Å². The van der Waals surface area contributed by atoms with E-state index >= 15 is 0 Å². The fraction of sp³-hybridized carbons (Fsp3) is 0.500. The Bertz CT molecular complexity index is 530. The van der Waals surface area contributed by atoms with Crippen LogP contribution in [0.15, 0.2) is 18.2 Å². The maximum atomic E-state index is 13.4. The van der Waals surface area contributed by atoms with Gasteiger partial charge >= 0.3 is 0 Å². The Balaban J connectivity index is 1.76. The van der Waals surface area contributed by atoms with E-state index in [0.29, 0.717) is 13.0 Å². The van der Waals surface area contributed by atoms with Crippen molar-refractivity contribution in [2.45, 2.75) is 12.5 Å². The molecule has 1 aliphatic heterocycles. The number of sulfone groups is 1. The first kappa shape index (κ1) is 14.6. The van der Waals surface area contributed by atoms with Gasteiger partial charge in [-0.05, 0) is 18.6 Å². The van der Waals surface area contributed by atoms with Gasteiger partial charge in [-0.25, -0.2) is 12.8 Å². The molecule has 1 saturated heterocycles. The topological polar surface area (TPSA) is 55.4 Å². The zero-order valence-electron chi connectivity index (χ0n) is 10.2. The van der Waals surface area contributed by atoms with Crippen LogP contribution in [0.1, 0.15) is 6.42 Å². The van der Waals surface area contributed by atoms with Gasteiger partial charge in [0.25, 0.3) is 0 Å². The predicted molar refractivity (Wildman–Crippen MR) is 72.0 cm³/mol. The zero-order chi connectivity index (χ0) is 13.9. The minimum Gasteiger partial charge on any atom is -0.488 e. The number of hydrogen-bond donors (Lipinski definition) is 1. The summed E-state index contributed by atoms with van der Waals surface area (Å²) < 4.78 is 41.1. The number of para-hydroxylation sites is 1. The van der Waals surface area contributed by atoms with Crippen molar-refractivity contribution >= 4 is 21.4 Å². The van der Waals surface area contributed by atoms with E-state index in [1.54, 1.807) is 6.07 Å². The van der Waals surface area contributed by atoms with Gasteiger partial charge in [-0.1, -0.05) is 17.7 Å². The first-order valence-electron chi connectivity index (χ1n) is 5.98. The highest BCUT2D eigenvalue weighted by molar-refractivity contribution is 7.91. The van der Waals surface area contributed by atoms with E-state index in [-0.39, 0.29) is 34.9 Å². The molecule has 1 aromatic carbocycles. The van der Waals surface area contributed by atoms with Gasteiger partial charge in [-0.15, -0.1) is 0 Å². The maximum absolute atomic E-state index is 13.4. The van der Waals surface area contributed by atoms with Gasteiger partial charge in [0.1, 0.15) is 6.61 Å². The molecule has 7 heteroatoms. The van der Waals surface area contributed by atoms with Crippen molar-refractivity contribution in [2.75, 3.05) is 24.7 Å². The van der Waals surface area contributed by atoms with Crippen LogP contribution in [-0.4, -0.2) is 39.1 Å². The molecule has 1 aromatic rings. The number of benzene rings is 1. The summed E-state index contributed by atoms with van der Waals surface area (Å²) in [6.45, 7) is 0.683. The zero-order valence-corrected chi connectivity index (χ0v) is 11.8. The lowest BCUT2D eigenvalue weighted by molar-refractivity contribution is 0.293. The second-order valence-corrected chi connectivity index (χ2v) is 7.09. The van der Waals surface area contributed by atoms with Crippen molar-refractivity contribution in [1.82, 2.24) is 5.32 Å². The Morgan fingerprint density at radius 3 is 2.89 bits per heavy atom. The highest BCUT2D eigenvalue weighted by atomic mass is 35.5. The van der Waals surface area contributed by atoms with Gasteiger partial charge in [-0.3, -0.25) is 0 Å². The summed E-state index contributed by atoms with van der Waals surface area (Å²) in [6, 6.07) is 4.30. The van der Waals surface area contributed by atoms with Crippen LogP contribution in [0.4, 0.5) is 4.39 Å². The summed E-state index contributed by atoms with van der Waals surface area (Å²) in [5, 5.41) is 3.30. The maximum Gasteiger partial charge on any atom is 0.173 e. The van der Waals surface area contributed by atoms with Crippen molar-refractivity contribution in [3.05, 3.63) is 29.0 Å². The van der Waals surface area contributed by atoms with Gasteiger partial charge in [0.15, 0.2) is 21.4 Å². The molecule has 1 N–H and O–H groups in total. The van der Waals surface area contributed by atoms with Crippen molar-refractivity contribution in [2.24, 2.45) is 0 Å². The molecule has 1 heterocycles. The number of ether oxygens (including phenoxy) is 1. The van der Waals surface area contributed by atoms with E-state index in [9.17, 15) is 12.8 Å². The summed E-state index contributed by atoms with van der Waals surface area (Å²) in [6.07, 6.45) is 0.614. The third-order valence-corrected chi connectivity index (χ3v) is 5.00. The largest absolute Gasteiger partial charge is 0.488 e. The lowest BCUT2D eigenvalue weighted by atomic mass is 10.3. The molecule has 0 spiro atoms. The SMILES string of the molecule is O=S1(=O)CCC(NCCOc2c(F)cccc2Cl)C1. The van der Waals surface area contributed by atoms with Gasteiger partial charge < -0.3 is 10.1 Å². The third kappa shape index (κ3) is 4.06. The molecule has 2 rings (SSSR count). The van der Waals surface area contributed by atoms with E-state index in [2.05, 4.69) is 5.32 Å². The average molecular weight is 308 g/mol. The van der Waals surface area contributed by atoms with Crippen LogP contribution in [0.25, 0.3) is 0 Å². The molecule has 0 amide bonds. The molecule has 4 nitrogen and oxygen atoms in total. The van der Waals surface area contributed by atoms with Crippen LogP contribution in [-0.2, 0) is 9.84 Å². The van der Waals surface area contributed by atoms with Crippen molar-refractivity contribution in [3.63, 3.8) is 0 Å². The molecule has 0 radical (unpaired) electrons. The Morgan fingerprint density at radius 1 is 1.47 bits per heavy atom. The Hall–Kier alpha value is -0.850. The van der Waals surface area contributed by atoms with E-state index in [1.807, 2.05) is 0 Å². The lowest BCUT2D eigenvalue weighted by Crippen LogP contribution is -2.33. The molecule has 106 valence electrons. The lowest BCUT2D eigenvalue weighted by Gasteiger charge is -2.12. The molecule has 19 heavy (non-hydrogen) atoms. The second-order valence-electron chi connectivity index (χ2n) is 4.45. The smallest absolute Gasteiger partial charge is 0.173 e. The van der Waals surface area contributed by atoms with Gasteiger partial charge in [0.05, 0.1) is 16.5 Å². The molecule has 1 unspecified atom stereocenters. The molecular formula is C12H15ClFNO3S. The van der Waals surface area contributed by atoms with Crippen molar-refractivity contribution in [3.8, 4) is 5.75 Å². The van der Waals surface area contributed by atoms with Gasteiger partial charge in [-0.2, -0.15) is 0 Å². The Kier molecular flexibility index (Phi) is 4.65. The van der Waals surface area contributed by atoms with Crippen LogP contribution in [0.2, 0.25) is 5.02 Å². The quantitative estimate of drug-likeness (QED) is 0.840. The molecule has 0 aliphatic carbocycles. The first-order valence-corrected chi connectivity index (χ1v) is 8.18. The highest BCUT2D eigenvalue weighted by Gasteiger charge is 2.27. The van der Waals surface area contributed by atoms with Gasteiger partial charge in [0.2, 0.25) is 0 Å². The van der Waals surface area contributed by atoms with Crippen LogP contribution in [0.3, 0.4) is 0 Å². The standard InChI is InChI=1S/C12H15ClFNO3S/c13-10-2-1-3-11(14)12(10)18-6-5-15-9-4-7-19(16,17)8-9/h1-3,9,15H,4-8H2. The third-order valence-electron chi connectivity index (χ3n) is 2.93. The summed E-state index contributed by atoms with van der Waals surface area (Å²) in [5.41, 5.74) is 0.